The summed E-state index contributed by atoms with van der Waals surface area (Å²) in [6.45, 7) is 7.80. The minimum atomic E-state index is -1.00. The van der Waals surface area contributed by atoms with Crippen molar-refractivity contribution >= 4 is 22.3 Å². The normalized spacial score (nSPS) is 10.5. The molecule has 7 nitrogen and oxygen atoms in total. The topological polar surface area (TPSA) is 78.9 Å². The van der Waals surface area contributed by atoms with Crippen molar-refractivity contribution in [2.45, 2.75) is 6.61 Å². The van der Waals surface area contributed by atoms with Crippen molar-refractivity contribution in [3.8, 4) is 17.2 Å². The Kier molecular flexibility index (Phi) is 5.41. The number of benzene rings is 3. The first-order chi connectivity index (χ1) is 15.0. The van der Waals surface area contributed by atoms with E-state index in [1.165, 1.54) is 12.3 Å². The molecule has 0 aliphatic rings. The van der Waals surface area contributed by atoms with Crippen molar-refractivity contribution in [3.63, 3.8) is 0 Å². The molecule has 0 amide bonds. The highest BCUT2D eigenvalue weighted by molar-refractivity contribution is 5.91. The summed E-state index contributed by atoms with van der Waals surface area (Å²) >= 11 is 0. The third-order valence-electron chi connectivity index (χ3n) is 4.48. The van der Waals surface area contributed by atoms with Crippen LogP contribution in [0.1, 0.15) is 5.56 Å². The first-order valence-corrected chi connectivity index (χ1v) is 9.14. The molecular weight excluding hydrogens is 401 g/mol. The van der Waals surface area contributed by atoms with Gasteiger partial charge in [-0.25, -0.2) is 4.85 Å². The maximum Gasteiger partial charge on any atom is 0.305 e. The zero-order valence-electron chi connectivity index (χ0n) is 16.0. The van der Waals surface area contributed by atoms with Gasteiger partial charge in [0.15, 0.2) is 0 Å². The summed E-state index contributed by atoms with van der Waals surface area (Å²) in [6, 6.07) is 17.7. The number of hydrogen-bond donors (Lipinski definition) is 0. The molecule has 0 saturated heterocycles. The predicted octanol–water partition coefficient (Wildman–Crippen LogP) is 6.20. The lowest BCUT2D eigenvalue weighted by Crippen LogP contribution is -1.96. The van der Waals surface area contributed by atoms with Crippen LogP contribution in [0.15, 0.2) is 72.9 Å². The highest BCUT2D eigenvalue weighted by Crippen LogP contribution is 2.38. The highest BCUT2D eigenvalue weighted by atomic mass is 19.1. The summed E-state index contributed by atoms with van der Waals surface area (Å²) in [5.41, 5.74) is 1.12. The van der Waals surface area contributed by atoms with Crippen LogP contribution in [0, 0.1) is 22.5 Å². The molecule has 0 fully saturated rings. The van der Waals surface area contributed by atoms with Crippen molar-refractivity contribution in [2.75, 3.05) is 0 Å². The van der Waals surface area contributed by atoms with E-state index in [9.17, 15) is 14.5 Å². The minimum absolute atomic E-state index is 0.0874. The zero-order chi connectivity index (χ0) is 21.8. The van der Waals surface area contributed by atoms with Crippen molar-refractivity contribution in [2.24, 2.45) is 0 Å². The van der Waals surface area contributed by atoms with Crippen LogP contribution in [0.2, 0.25) is 0 Å². The molecule has 4 rings (SSSR count). The Labute approximate surface area is 176 Å². The van der Waals surface area contributed by atoms with E-state index in [0.29, 0.717) is 29.0 Å². The summed E-state index contributed by atoms with van der Waals surface area (Å²) in [5.74, 6) is -0.196. The number of nitrogens with zero attached hydrogens (tertiary/aromatic N) is 3. The van der Waals surface area contributed by atoms with Crippen LogP contribution >= 0.6 is 0 Å². The van der Waals surface area contributed by atoms with Gasteiger partial charge < -0.3 is 9.47 Å². The quantitative estimate of drug-likeness (QED) is 0.213. The maximum atomic E-state index is 13.9. The van der Waals surface area contributed by atoms with Gasteiger partial charge in [-0.1, -0.05) is 30.3 Å². The van der Waals surface area contributed by atoms with E-state index in [4.69, 9.17) is 16.0 Å². The molecule has 0 aliphatic heterocycles. The molecule has 0 N–H and O–H groups in total. The molecule has 152 valence electrons. The monoisotopic (exact) mass is 415 g/mol. The van der Waals surface area contributed by atoms with Gasteiger partial charge in [0.25, 0.3) is 0 Å². The molecule has 0 saturated carbocycles. The Morgan fingerprint density at radius 3 is 2.58 bits per heavy atom. The molecule has 0 unspecified atom stereocenters. The van der Waals surface area contributed by atoms with E-state index < -0.39 is 16.4 Å². The van der Waals surface area contributed by atoms with Crippen LogP contribution < -0.4 is 9.47 Å². The fraction of sp³-hybridized carbons (Fsp3) is 0.0435. The van der Waals surface area contributed by atoms with Crippen molar-refractivity contribution in [1.82, 2.24) is 4.98 Å². The van der Waals surface area contributed by atoms with E-state index in [-0.39, 0.29) is 11.4 Å². The fourth-order valence-electron chi connectivity index (χ4n) is 2.99. The van der Waals surface area contributed by atoms with Gasteiger partial charge in [0, 0.05) is 23.7 Å². The first kappa shape index (κ1) is 19.8. The Hall–Kier alpha value is -4.51. The number of rotatable bonds is 6. The molecule has 3 aromatic carbocycles. The minimum Gasteiger partial charge on any atom is -0.500 e. The molecule has 0 atom stereocenters. The lowest BCUT2D eigenvalue weighted by molar-refractivity contribution is -0.387. The molecular formula is C23H14FN3O4. The predicted molar refractivity (Wildman–Crippen MR) is 112 cm³/mol. The average molecular weight is 415 g/mol. The smallest absolute Gasteiger partial charge is 0.305 e. The zero-order valence-corrected chi connectivity index (χ0v) is 16.0. The summed E-state index contributed by atoms with van der Waals surface area (Å²) in [5, 5.41) is 11.3. The molecule has 4 aromatic rings. The second-order valence-corrected chi connectivity index (χ2v) is 6.50. The molecule has 0 bridgehead atoms. The number of ether oxygens (including phenoxy) is 2. The highest BCUT2D eigenvalue weighted by Gasteiger charge is 2.16. The third-order valence-corrected chi connectivity index (χ3v) is 4.48. The van der Waals surface area contributed by atoms with Gasteiger partial charge in [-0.3, -0.25) is 15.1 Å². The van der Waals surface area contributed by atoms with Gasteiger partial charge >= 0.3 is 5.69 Å². The molecule has 8 heteroatoms. The SMILES string of the molecule is [C-]#[N+]c1cc2c(Oc3ccc([N+](=O)[O-])c(F)c3)ccnc2cc1OCc1ccccc1. The number of halogens is 1. The van der Waals surface area contributed by atoms with Crippen molar-refractivity contribution < 1.29 is 18.8 Å². The summed E-state index contributed by atoms with van der Waals surface area (Å²) in [6.07, 6.45) is 1.51. The third kappa shape index (κ3) is 4.26. The van der Waals surface area contributed by atoms with Gasteiger partial charge in [0.1, 0.15) is 23.9 Å². The molecule has 0 spiro atoms. The Morgan fingerprint density at radius 1 is 1.06 bits per heavy atom. The van der Waals surface area contributed by atoms with Crippen LogP contribution in [-0.4, -0.2) is 9.91 Å². The number of fused-ring (bicyclic) bond motifs is 1. The summed E-state index contributed by atoms with van der Waals surface area (Å²) < 4.78 is 25.5. The van der Waals surface area contributed by atoms with Gasteiger partial charge in [0.2, 0.25) is 11.5 Å². The largest absolute Gasteiger partial charge is 0.500 e. The number of nitro groups is 1. The van der Waals surface area contributed by atoms with Gasteiger partial charge in [-0.05, 0) is 29.8 Å². The van der Waals surface area contributed by atoms with Crippen LogP contribution in [-0.2, 0) is 6.61 Å². The lowest BCUT2D eigenvalue weighted by Gasteiger charge is -2.12. The van der Waals surface area contributed by atoms with Crippen LogP contribution in [0.4, 0.5) is 15.8 Å². The molecule has 0 aliphatic carbocycles. The first-order valence-electron chi connectivity index (χ1n) is 9.14. The second kappa shape index (κ2) is 8.47. The van der Waals surface area contributed by atoms with Crippen LogP contribution in [0.3, 0.4) is 0 Å². The lowest BCUT2D eigenvalue weighted by atomic mass is 10.1. The van der Waals surface area contributed by atoms with Gasteiger partial charge in [-0.2, -0.15) is 4.39 Å². The Morgan fingerprint density at radius 2 is 1.87 bits per heavy atom. The Balaban J connectivity index is 1.66. The number of aromatic nitrogens is 1. The second-order valence-electron chi connectivity index (χ2n) is 6.50. The van der Waals surface area contributed by atoms with Gasteiger partial charge in [-0.15, -0.1) is 0 Å². The summed E-state index contributed by atoms with van der Waals surface area (Å²) in [7, 11) is 0. The molecule has 1 heterocycles. The van der Waals surface area contributed by atoms with E-state index in [0.717, 1.165) is 17.7 Å². The van der Waals surface area contributed by atoms with E-state index in [1.54, 1.807) is 18.2 Å². The summed E-state index contributed by atoms with van der Waals surface area (Å²) in [4.78, 5) is 17.8. The average Bonchev–Trinajstić information content (AvgIpc) is 2.78. The fourth-order valence-corrected chi connectivity index (χ4v) is 2.99. The van der Waals surface area contributed by atoms with Crippen LogP contribution in [0.25, 0.3) is 15.7 Å². The molecule has 31 heavy (non-hydrogen) atoms. The van der Waals surface area contributed by atoms with Crippen molar-refractivity contribution in [3.05, 3.63) is 106 Å². The number of hydrogen-bond acceptors (Lipinski definition) is 5. The molecule has 1 aromatic heterocycles. The number of pyridine rings is 1. The van der Waals surface area contributed by atoms with E-state index in [1.807, 2.05) is 30.3 Å². The van der Waals surface area contributed by atoms with E-state index >= 15 is 0 Å². The molecule has 0 radical (unpaired) electrons. The number of nitro benzene ring substituents is 1. The van der Waals surface area contributed by atoms with E-state index in [2.05, 4.69) is 9.83 Å². The maximum absolute atomic E-state index is 13.9. The van der Waals surface area contributed by atoms with Gasteiger partial charge in [0.05, 0.1) is 17.0 Å². The standard InChI is InChI=1S/C23H14FN3O4/c1-25-20-12-17-19(13-23(20)30-14-15-5-3-2-4-6-15)26-10-9-22(17)31-16-7-8-21(27(28)29)18(24)11-16/h2-13H,14H2. The van der Waals surface area contributed by atoms with Crippen molar-refractivity contribution in [1.29, 1.82) is 0 Å². The van der Waals surface area contributed by atoms with Crippen LogP contribution in [0.5, 0.6) is 17.2 Å². The Bertz CT molecular complexity index is 1320.